The van der Waals surface area contributed by atoms with Crippen molar-refractivity contribution in [2.75, 3.05) is 19.0 Å². The Balaban J connectivity index is 1.60. The van der Waals surface area contributed by atoms with Gasteiger partial charge in [-0.25, -0.2) is 0 Å². The van der Waals surface area contributed by atoms with Crippen molar-refractivity contribution < 1.29 is 14.3 Å². The summed E-state index contributed by atoms with van der Waals surface area (Å²) in [4.78, 5) is 29.0. The second-order valence-electron chi connectivity index (χ2n) is 6.70. The number of nitrogens with zero attached hydrogens (tertiary/aromatic N) is 1. The molecule has 1 aromatic carbocycles. The highest BCUT2D eigenvalue weighted by Crippen LogP contribution is 2.23. The van der Waals surface area contributed by atoms with E-state index >= 15 is 0 Å². The summed E-state index contributed by atoms with van der Waals surface area (Å²) in [6, 6.07) is 10.2. The molecule has 1 aliphatic carbocycles. The molecule has 2 N–H and O–H groups in total. The quantitative estimate of drug-likeness (QED) is 0.714. The van der Waals surface area contributed by atoms with Gasteiger partial charge in [0.15, 0.2) is 0 Å². The molecule has 0 fully saturated rings. The number of ether oxygens (including phenoxy) is 1. The lowest BCUT2D eigenvalue weighted by molar-refractivity contribution is 0.0949. The summed E-state index contributed by atoms with van der Waals surface area (Å²) in [5.74, 6) is -0.0310. The number of pyridine rings is 1. The van der Waals surface area contributed by atoms with Crippen molar-refractivity contribution in [3.05, 3.63) is 65.5 Å². The molecule has 0 saturated heterocycles. The van der Waals surface area contributed by atoms with Crippen LogP contribution in [0.2, 0.25) is 0 Å². The Morgan fingerprint density at radius 3 is 2.79 bits per heavy atom. The molecular weight excluding hydrogens is 354 g/mol. The molecule has 6 heteroatoms. The van der Waals surface area contributed by atoms with Crippen molar-refractivity contribution in [3.8, 4) is 5.75 Å². The normalized spacial score (nSPS) is 13.4. The third kappa shape index (κ3) is 5.19. The minimum atomic E-state index is -0.326. The number of methoxy groups -OCH3 is 1. The summed E-state index contributed by atoms with van der Waals surface area (Å²) in [6.07, 6.45) is 9.33. The summed E-state index contributed by atoms with van der Waals surface area (Å²) in [6.45, 7) is 0.573. The zero-order valence-electron chi connectivity index (χ0n) is 16.0. The number of hydrogen-bond donors (Lipinski definition) is 2. The Morgan fingerprint density at radius 1 is 1.14 bits per heavy atom. The lowest BCUT2D eigenvalue weighted by Gasteiger charge is -2.13. The summed E-state index contributed by atoms with van der Waals surface area (Å²) in [5, 5.41) is 5.69. The van der Waals surface area contributed by atoms with E-state index in [0.717, 1.165) is 19.3 Å². The molecule has 28 heavy (non-hydrogen) atoms. The number of benzene rings is 1. The van der Waals surface area contributed by atoms with Gasteiger partial charge in [-0.3, -0.25) is 14.6 Å². The Morgan fingerprint density at radius 2 is 2.00 bits per heavy atom. The van der Waals surface area contributed by atoms with Gasteiger partial charge in [-0.1, -0.05) is 23.8 Å². The SMILES string of the molecule is COc1ccccc1NC(=O)c1ccnc(C(=O)NCCC2=CCCCC2)c1. The predicted octanol–water partition coefficient (Wildman–Crippen LogP) is 3.96. The van der Waals surface area contributed by atoms with Crippen molar-refractivity contribution in [1.82, 2.24) is 10.3 Å². The van der Waals surface area contributed by atoms with E-state index in [1.54, 1.807) is 25.3 Å². The first-order chi connectivity index (χ1) is 13.7. The second-order valence-corrected chi connectivity index (χ2v) is 6.70. The van der Waals surface area contributed by atoms with Crippen LogP contribution < -0.4 is 15.4 Å². The fourth-order valence-corrected chi connectivity index (χ4v) is 3.20. The fourth-order valence-electron chi connectivity index (χ4n) is 3.20. The maximum absolute atomic E-state index is 12.5. The van der Waals surface area contributed by atoms with E-state index in [1.807, 2.05) is 12.1 Å². The number of carbonyl (C=O) groups excluding carboxylic acids is 2. The number of anilines is 1. The minimum absolute atomic E-state index is 0.227. The van der Waals surface area contributed by atoms with E-state index in [1.165, 1.54) is 30.7 Å². The average Bonchev–Trinajstić information content (AvgIpc) is 2.75. The molecule has 146 valence electrons. The highest BCUT2D eigenvalue weighted by molar-refractivity contribution is 6.06. The molecule has 0 saturated carbocycles. The standard InChI is InChI=1S/C22H25N3O3/c1-28-20-10-6-5-9-18(20)25-21(26)17-12-14-23-19(15-17)22(27)24-13-11-16-7-3-2-4-8-16/h5-7,9-10,12,14-15H,2-4,8,11,13H2,1H3,(H,24,27)(H,25,26). The molecule has 1 aliphatic rings. The molecule has 2 aromatic rings. The highest BCUT2D eigenvalue weighted by atomic mass is 16.5. The van der Waals surface area contributed by atoms with Gasteiger partial charge in [0, 0.05) is 18.3 Å². The number of amides is 2. The van der Waals surface area contributed by atoms with E-state index < -0.39 is 0 Å². The molecule has 1 aromatic heterocycles. The minimum Gasteiger partial charge on any atom is -0.495 e. The van der Waals surface area contributed by atoms with Gasteiger partial charge in [-0.05, 0) is 56.4 Å². The molecule has 6 nitrogen and oxygen atoms in total. The van der Waals surface area contributed by atoms with Crippen molar-refractivity contribution in [2.45, 2.75) is 32.1 Å². The van der Waals surface area contributed by atoms with Crippen LogP contribution in [0.3, 0.4) is 0 Å². The van der Waals surface area contributed by atoms with E-state index in [-0.39, 0.29) is 17.5 Å². The third-order valence-corrected chi connectivity index (χ3v) is 4.73. The van der Waals surface area contributed by atoms with Gasteiger partial charge in [0.25, 0.3) is 11.8 Å². The molecule has 0 radical (unpaired) electrons. The van der Waals surface area contributed by atoms with Crippen LogP contribution in [0.5, 0.6) is 5.75 Å². The Hall–Kier alpha value is -3.15. The van der Waals surface area contributed by atoms with E-state index in [9.17, 15) is 9.59 Å². The van der Waals surface area contributed by atoms with Crippen LogP contribution in [0.4, 0.5) is 5.69 Å². The lowest BCUT2D eigenvalue weighted by atomic mass is 9.97. The van der Waals surface area contributed by atoms with Gasteiger partial charge in [-0.15, -0.1) is 0 Å². The second kappa shape index (κ2) is 9.69. The predicted molar refractivity (Wildman–Crippen MR) is 109 cm³/mol. The first-order valence-electron chi connectivity index (χ1n) is 9.54. The molecule has 0 bridgehead atoms. The van der Waals surface area contributed by atoms with Gasteiger partial charge in [0.05, 0.1) is 12.8 Å². The smallest absolute Gasteiger partial charge is 0.269 e. The van der Waals surface area contributed by atoms with Crippen molar-refractivity contribution in [3.63, 3.8) is 0 Å². The summed E-state index contributed by atoms with van der Waals surface area (Å²) in [7, 11) is 1.54. The molecule has 0 atom stereocenters. The Bertz CT molecular complexity index is 877. The molecule has 0 unspecified atom stereocenters. The van der Waals surface area contributed by atoms with Gasteiger partial charge >= 0.3 is 0 Å². The topological polar surface area (TPSA) is 80.3 Å². The highest BCUT2D eigenvalue weighted by Gasteiger charge is 2.13. The van der Waals surface area contributed by atoms with Crippen LogP contribution in [0.25, 0.3) is 0 Å². The fraction of sp³-hybridized carbons (Fsp3) is 0.318. The summed E-state index contributed by atoms with van der Waals surface area (Å²) in [5.41, 5.74) is 2.56. The zero-order valence-corrected chi connectivity index (χ0v) is 16.0. The Kier molecular flexibility index (Phi) is 6.78. The van der Waals surface area contributed by atoms with Crippen LogP contribution in [0, 0.1) is 0 Å². The number of aromatic nitrogens is 1. The first-order valence-corrected chi connectivity index (χ1v) is 9.54. The van der Waals surface area contributed by atoms with Crippen LogP contribution in [-0.4, -0.2) is 30.5 Å². The number of rotatable bonds is 7. The van der Waals surface area contributed by atoms with Crippen LogP contribution in [-0.2, 0) is 0 Å². The number of carbonyl (C=O) groups is 2. The monoisotopic (exact) mass is 379 g/mol. The molecule has 0 aliphatic heterocycles. The number of para-hydroxylation sites is 2. The maximum atomic E-state index is 12.5. The maximum Gasteiger partial charge on any atom is 0.269 e. The van der Waals surface area contributed by atoms with Crippen molar-refractivity contribution >= 4 is 17.5 Å². The van der Waals surface area contributed by atoms with Gasteiger partial charge in [-0.2, -0.15) is 0 Å². The molecule has 1 heterocycles. The van der Waals surface area contributed by atoms with Gasteiger partial charge in [0.1, 0.15) is 11.4 Å². The largest absolute Gasteiger partial charge is 0.495 e. The molecule has 3 rings (SSSR count). The lowest BCUT2D eigenvalue weighted by Crippen LogP contribution is -2.26. The van der Waals surface area contributed by atoms with Crippen LogP contribution in [0.15, 0.2) is 54.2 Å². The number of allylic oxidation sites excluding steroid dienone is 1. The average molecular weight is 379 g/mol. The van der Waals surface area contributed by atoms with Gasteiger partial charge < -0.3 is 15.4 Å². The van der Waals surface area contributed by atoms with Crippen LogP contribution in [0.1, 0.15) is 53.0 Å². The van der Waals surface area contributed by atoms with E-state index in [2.05, 4.69) is 21.7 Å². The first kappa shape index (κ1) is 19.6. The number of hydrogen-bond acceptors (Lipinski definition) is 4. The zero-order chi connectivity index (χ0) is 19.8. The number of nitrogens with one attached hydrogen (secondary N) is 2. The van der Waals surface area contributed by atoms with Gasteiger partial charge in [0.2, 0.25) is 0 Å². The molecular formula is C22H25N3O3. The van der Waals surface area contributed by atoms with Crippen LogP contribution >= 0.6 is 0 Å². The van der Waals surface area contributed by atoms with E-state index in [0.29, 0.717) is 23.5 Å². The third-order valence-electron chi connectivity index (χ3n) is 4.73. The van der Waals surface area contributed by atoms with Crippen molar-refractivity contribution in [2.24, 2.45) is 0 Å². The molecule has 0 spiro atoms. The molecule has 2 amide bonds. The van der Waals surface area contributed by atoms with E-state index in [4.69, 9.17) is 4.74 Å². The summed E-state index contributed by atoms with van der Waals surface area (Å²) >= 11 is 0. The van der Waals surface area contributed by atoms with Crippen molar-refractivity contribution in [1.29, 1.82) is 0 Å². The Labute approximate surface area is 165 Å². The summed E-state index contributed by atoms with van der Waals surface area (Å²) < 4.78 is 5.24.